The van der Waals surface area contributed by atoms with E-state index in [4.69, 9.17) is 0 Å². The Morgan fingerprint density at radius 1 is 1.16 bits per heavy atom. The van der Waals surface area contributed by atoms with Crippen molar-refractivity contribution < 1.29 is 13.2 Å². The Balaban J connectivity index is 1.98. The molecule has 0 saturated carbocycles. The van der Waals surface area contributed by atoms with Crippen molar-refractivity contribution in [2.75, 3.05) is 22.9 Å². The van der Waals surface area contributed by atoms with Crippen LogP contribution in [0.5, 0.6) is 0 Å². The molecule has 2 rings (SSSR count). The zero-order chi connectivity index (χ0) is 18.4. The molecule has 0 heterocycles. The Morgan fingerprint density at radius 3 is 2.48 bits per heavy atom. The lowest BCUT2D eigenvalue weighted by atomic mass is 10.2. The molecule has 25 heavy (non-hydrogen) atoms. The normalized spacial score (nSPS) is 12.4. The van der Waals surface area contributed by atoms with Gasteiger partial charge in [0.2, 0.25) is 15.9 Å². The summed E-state index contributed by atoms with van der Waals surface area (Å²) in [5.41, 5.74) is 2.25. The third kappa shape index (κ3) is 5.79. The van der Waals surface area contributed by atoms with Crippen LogP contribution < -0.4 is 9.62 Å². The zero-order valence-corrected chi connectivity index (χ0v) is 16.1. The standard InChI is InChI=1S/C18H22N2O3S2/c1-14(24-13-15-8-5-4-6-9-15)18(21)19-16-10-7-11-17(12-16)20(2)25(3,22)23/h4-12,14H,13H2,1-3H3,(H,19,21)/t14-/m0/s1. The second-order valence-corrected chi connectivity index (χ2v) is 9.05. The summed E-state index contributed by atoms with van der Waals surface area (Å²) in [4.78, 5) is 12.3. The van der Waals surface area contributed by atoms with Crippen LogP contribution in [0, 0.1) is 0 Å². The number of thioether (sulfide) groups is 1. The first-order chi connectivity index (χ1) is 11.8. The SMILES string of the molecule is C[C@H](SCc1ccccc1)C(=O)Nc1cccc(N(C)S(C)(=O)=O)c1. The van der Waals surface area contributed by atoms with Gasteiger partial charge in [-0.05, 0) is 30.7 Å². The maximum atomic E-state index is 12.3. The van der Waals surface area contributed by atoms with Crippen molar-refractivity contribution >= 4 is 39.1 Å². The molecule has 0 aromatic heterocycles. The molecule has 7 heteroatoms. The van der Waals surface area contributed by atoms with Gasteiger partial charge in [0.15, 0.2) is 0 Å². The topological polar surface area (TPSA) is 66.5 Å². The Morgan fingerprint density at radius 2 is 1.84 bits per heavy atom. The fourth-order valence-electron chi connectivity index (χ4n) is 2.09. The summed E-state index contributed by atoms with van der Waals surface area (Å²) in [5.74, 6) is 0.645. The fraction of sp³-hybridized carbons (Fsp3) is 0.278. The highest BCUT2D eigenvalue weighted by Crippen LogP contribution is 2.22. The predicted octanol–water partition coefficient (Wildman–Crippen LogP) is 3.34. The van der Waals surface area contributed by atoms with Crippen LogP contribution >= 0.6 is 11.8 Å². The van der Waals surface area contributed by atoms with Crippen molar-refractivity contribution in [2.45, 2.75) is 17.9 Å². The molecule has 2 aromatic rings. The number of rotatable bonds is 7. The first-order valence-electron chi connectivity index (χ1n) is 7.78. The van der Waals surface area contributed by atoms with Crippen LogP contribution in [-0.2, 0) is 20.6 Å². The number of amides is 1. The van der Waals surface area contributed by atoms with Crippen LogP contribution in [0.3, 0.4) is 0 Å². The van der Waals surface area contributed by atoms with E-state index < -0.39 is 10.0 Å². The van der Waals surface area contributed by atoms with Gasteiger partial charge >= 0.3 is 0 Å². The van der Waals surface area contributed by atoms with E-state index in [0.29, 0.717) is 11.4 Å². The molecule has 1 amide bonds. The Kier molecular flexibility index (Phi) is 6.50. The van der Waals surface area contributed by atoms with Crippen LogP contribution in [0.4, 0.5) is 11.4 Å². The second-order valence-electron chi connectivity index (χ2n) is 5.71. The van der Waals surface area contributed by atoms with Gasteiger partial charge < -0.3 is 5.32 Å². The first-order valence-corrected chi connectivity index (χ1v) is 10.7. The van der Waals surface area contributed by atoms with Crippen molar-refractivity contribution in [3.8, 4) is 0 Å². The molecular formula is C18H22N2O3S2. The first kappa shape index (κ1) is 19.3. The Hall–Kier alpha value is -1.99. The minimum absolute atomic E-state index is 0.111. The third-order valence-corrected chi connectivity index (χ3v) is 6.11. The van der Waals surface area contributed by atoms with Crippen LogP contribution in [0.15, 0.2) is 54.6 Å². The van der Waals surface area contributed by atoms with Crippen molar-refractivity contribution in [2.24, 2.45) is 0 Å². The van der Waals surface area contributed by atoms with Gasteiger partial charge in [-0.25, -0.2) is 8.42 Å². The summed E-state index contributed by atoms with van der Waals surface area (Å²) in [6.45, 7) is 1.86. The summed E-state index contributed by atoms with van der Waals surface area (Å²) in [6, 6.07) is 16.8. The zero-order valence-electron chi connectivity index (χ0n) is 14.5. The number of hydrogen-bond donors (Lipinski definition) is 1. The highest BCUT2D eigenvalue weighted by Gasteiger charge is 2.16. The van der Waals surface area contributed by atoms with Crippen LogP contribution in [0.2, 0.25) is 0 Å². The van der Waals surface area contributed by atoms with Gasteiger partial charge in [0.05, 0.1) is 17.2 Å². The van der Waals surface area contributed by atoms with E-state index in [2.05, 4.69) is 5.32 Å². The fourth-order valence-corrected chi connectivity index (χ4v) is 3.43. The minimum atomic E-state index is -3.34. The molecule has 0 spiro atoms. The van der Waals surface area contributed by atoms with E-state index in [1.165, 1.54) is 16.9 Å². The Bertz CT molecular complexity index is 823. The lowest BCUT2D eigenvalue weighted by molar-refractivity contribution is -0.115. The molecule has 134 valence electrons. The molecular weight excluding hydrogens is 356 g/mol. The highest BCUT2D eigenvalue weighted by molar-refractivity contribution is 7.99. The van der Waals surface area contributed by atoms with Crippen molar-refractivity contribution in [3.63, 3.8) is 0 Å². The van der Waals surface area contributed by atoms with E-state index in [1.807, 2.05) is 37.3 Å². The minimum Gasteiger partial charge on any atom is -0.325 e. The molecule has 0 bridgehead atoms. The number of anilines is 2. The summed E-state index contributed by atoms with van der Waals surface area (Å²) in [7, 11) is -1.86. The lowest BCUT2D eigenvalue weighted by Crippen LogP contribution is -2.25. The second kappa shape index (κ2) is 8.40. The summed E-state index contributed by atoms with van der Waals surface area (Å²) >= 11 is 1.55. The number of nitrogens with one attached hydrogen (secondary N) is 1. The predicted molar refractivity (Wildman–Crippen MR) is 106 cm³/mol. The van der Waals surface area contributed by atoms with Crippen LogP contribution in [0.1, 0.15) is 12.5 Å². The molecule has 1 atom stereocenters. The summed E-state index contributed by atoms with van der Waals surface area (Å²) in [5, 5.41) is 2.62. The molecule has 0 saturated heterocycles. The largest absolute Gasteiger partial charge is 0.325 e. The summed E-state index contributed by atoms with van der Waals surface area (Å²) in [6.07, 6.45) is 1.14. The van der Waals surface area contributed by atoms with Gasteiger partial charge in [-0.1, -0.05) is 36.4 Å². The average molecular weight is 379 g/mol. The van der Waals surface area contributed by atoms with E-state index in [9.17, 15) is 13.2 Å². The number of hydrogen-bond acceptors (Lipinski definition) is 4. The van der Waals surface area contributed by atoms with Crippen molar-refractivity contribution in [1.82, 2.24) is 0 Å². The van der Waals surface area contributed by atoms with Gasteiger partial charge in [0, 0.05) is 18.5 Å². The smallest absolute Gasteiger partial charge is 0.237 e. The van der Waals surface area contributed by atoms with Crippen molar-refractivity contribution in [1.29, 1.82) is 0 Å². The number of sulfonamides is 1. The van der Waals surface area contributed by atoms with Crippen molar-refractivity contribution in [3.05, 3.63) is 60.2 Å². The van der Waals surface area contributed by atoms with Gasteiger partial charge in [-0.3, -0.25) is 9.10 Å². The van der Waals surface area contributed by atoms with Crippen LogP contribution in [0.25, 0.3) is 0 Å². The molecule has 0 unspecified atom stereocenters. The maximum absolute atomic E-state index is 12.3. The summed E-state index contributed by atoms with van der Waals surface area (Å²) < 4.78 is 24.4. The molecule has 0 radical (unpaired) electrons. The van der Waals surface area contributed by atoms with E-state index in [1.54, 1.807) is 36.0 Å². The number of carbonyl (C=O) groups excluding carboxylic acids is 1. The third-order valence-electron chi connectivity index (χ3n) is 3.69. The quantitative estimate of drug-likeness (QED) is 0.802. The monoisotopic (exact) mass is 378 g/mol. The van der Waals surface area contributed by atoms with E-state index >= 15 is 0 Å². The molecule has 5 nitrogen and oxygen atoms in total. The van der Waals surface area contributed by atoms with Crippen LogP contribution in [-0.4, -0.2) is 32.9 Å². The molecule has 0 fully saturated rings. The van der Waals surface area contributed by atoms with E-state index in [-0.39, 0.29) is 11.2 Å². The van der Waals surface area contributed by atoms with E-state index in [0.717, 1.165) is 12.0 Å². The Labute approximate surface area is 153 Å². The molecule has 0 aliphatic carbocycles. The van der Waals surface area contributed by atoms with Gasteiger partial charge in [-0.15, -0.1) is 11.8 Å². The number of benzene rings is 2. The molecule has 2 aromatic carbocycles. The lowest BCUT2D eigenvalue weighted by Gasteiger charge is -2.18. The number of nitrogens with zero attached hydrogens (tertiary/aromatic N) is 1. The van der Waals surface area contributed by atoms with Gasteiger partial charge in [0.1, 0.15) is 0 Å². The molecule has 0 aliphatic heterocycles. The van der Waals surface area contributed by atoms with Gasteiger partial charge in [0.25, 0.3) is 0 Å². The molecule has 0 aliphatic rings. The average Bonchev–Trinajstić information content (AvgIpc) is 2.59. The number of carbonyl (C=O) groups is 1. The maximum Gasteiger partial charge on any atom is 0.237 e. The molecule has 1 N–H and O–H groups in total. The highest BCUT2D eigenvalue weighted by atomic mass is 32.2. The van der Waals surface area contributed by atoms with Gasteiger partial charge in [-0.2, -0.15) is 0 Å².